The Morgan fingerprint density at radius 3 is 2.83 bits per heavy atom. The molecular formula is C12H18ClN3OS. The quantitative estimate of drug-likeness (QED) is 0.555. The lowest BCUT2D eigenvalue weighted by Gasteiger charge is -2.17. The van der Waals surface area contributed by atoms with Crippen LogP contribution in [0.3, 0.4) is 0 Å². The fourth-order valence-corrected chi connectivity index (χ4v) is 2.45. The van der Waals surface area contributed by atoms with Crippen LogP contribution >= 0.6 is 23.4 Å². The lowest BCUT2D eigenvalue weighted by atomic mass is 10.1. The molecule has 0 bridgehead atoms. The zero-order valence-corrected chi connectivity index (χ0v) is 12.1. The Morgan fingerprint density at radius 2 is 2.28 bits per heavy atom. The summed E-state index contributed by atoms with van der Waals surface area (Å²) in [5, 5.41) is 3.48. The molecule has 1 amide bonds. The summed E-state index contributed by atoms with van der Waals surface area (Å²) in [4.78, 5) is 12.1. The predicted octanol–water partition coefficient (Wildman–Crippen LogP) is 2.50. The molecule has 0 saturated heterocycles. The summed E-state index contributed by atoms with van der Waals surface area (Å²) in [7, 11) is 0. The van der Waals surface area contributed by atoms with Gasteiger partial charge in [-0.3, -0.25) is 10.6 Å². The fraction of sp³-hybridized carbons (Fsp3) is 0.417. The minimum Gasteiger partial charge on any atom is -0.348 e. The SMILES string of the molecule is CCC(CSC)NC(=O)c1cc(Cl)ccc1NN. The van der Waals surface area contributed by atoms with E-state index in [4.69, 9.17) is 17.4 Å². The molecule has 4 nitrogen and oxygen atoms in total. The van der Waals surface area contributed by atoms with E-state index in [-0.39, 0.29) is 11.9 Å². The van der Waals surface area contributed by atoms with Crippen LogP contribution in [0.4, 0.5) is 5.69 Å². The number of nitrogens with one attached hydrogen (secondary N) is 2. The van der Waals surface area contributed by atoms with Gasteiger partial charge >= 0.3 is 0 Å². The van der Waals surface area contributed by atoms with Crippen molar-refractivity contribution >= 4 is 35.0 Å². The van der Waals surface area contributed by atoms with E-state index in [0.717, 1.165) is 12.2 Å². The standard InChI is InChI=1S/C12H18ClN3OS/c1-3-9(7-18-2)15-12(17)10-6-8(13)4-5-11(10)16-14/h4-6,9,16H,3,7,14H2,1-2H3,(H,15,17). The summed E-state index contributed by atoms with van der Waals surface area (Å²) < 4.78 is 0. The van der Waals surface area contributed by atoms with E-state index in [2.05, 4.69) is 10.7 Å². The van der Waals surface area contributed by atoms with Crippen molar-refractivity contribution in [2.75, 3.05) is 17.4 Å². The second-order valence-corrected chi connectivity index (χ2v) is 5.22. The Balaban J connectivity index is 2.85. The van der Waals surface area contributed by atoms with E-state index in [1.54, 1.807) is 30.0 Å². The maximum Gasteiger partial charge on any atom is 0.253 e. The van der Waals surface area contributed by atoms with Crippen LogP contribution < -0.4 is 16.6 Å². The third kappa shape index (κ3) is 4.08. The first-order valence-corrected chi connectivity index (χ1v) is 7.45. The van der Waals surface area contributed by atoms with Crippen molar-refractivity contribution in [2.24, 2.45) is 5.84 Å². The van der Waals surface area contributed by atoms with E-state index >= 15 is 0 Å². The van der Waals surface area contributed by atoms with Crippen LogP contribution in [0, 0.1) is 0 Å². The average molecular weight is 288 g/mol. The molecule has 0 aliphatic rings. The van der Waals surface area contributed by atoms with Gasteiger partial charge in [0.2, 0.25) is 0 Å². The van der Waals surface area contributed by atoms with Crippen LogP contribution in [0.25, 0.3) is 0 Å². The molecule has 0 aromatic heterocycles. The molecule has 6 heteroatoms. The van der Waals surface area contributed by atoms with Gasteiger partial charge in [0.05, 0.1) is 11.3 Å². The predicted molar refractivity (Wildman–Crippen MR) is 79.2 cm³/mol. The molecular weight excluding hydrogens is 270 g/mol. The van der Waals surface area contributed by atoms with Crippen LogP contribution in [0.5, 0.6) is 0 Å². The molecule has 0 heterocycles. The summed E-state index contributed by atoms with van der Waals surface area (Å²) >= 11 is 7.60. The molecule has 1 rings (SSSR count). The van der Waals surface area contributed by atoms with Crippen molar-refractivity contribution in [3.8, 4) is 0 Å². The number of hydrazine groups is 1. The molecule has 0 radical (unpaired) electrons. The summed E-state index contributed by atoms with van der Waals surface area (Å²) in [5.74, 6) is 6.11. The number of carbonyl (C=O) groups is 1. The monoisotopic (exact) mass is 287 g/mol. The Morgan fingerprint density at radius 1 is 1.56 bits per heavy atom. The first-order chi connectivity index (χ1) is 8.62. The third-order valence-corrected chi connectivity index (χ3v) is 3.55. The number of carbonyl (C=O) groups excluding carboxylic acids is 1. The van der Waals surface area contributed by atoms with Gasteiger partial charge < -0.3 is 10.7 Å². The lowest BCUT2D eigenvalue weighted by molar-refractivity contribution is 0.0941. The molecule has 0 spiro atoms. The van der Waals surface area contributed by atoms with Gasteiger partial charge in [0, 0.05) is 16.8 Å². The van der Waals surface area contributed by atoms with Gasteiger partial charge in [-0.2, -0.15) is 11.8 Å². The lowest BCUT2D eigenvalue weighted by Crippen LogP contribution is -2.36. The zero-order chi connectivity index (χ0) is 13.5. The number of halogens is 1. The zero-order valence-electron chi connectivity index (χ0n) is 10.5. The van der Waals surface area contributed by atoms with Crippen LogP contribution in [0.1, 0.15) is 23.7 Å². The highest BCUT2D eigenvalue weighted by molar-refractivity contribution is 7.98. The number of hydrogen-bond acceptors (Lipinski definition) is 4. The highest BCUT2D eigenvalue weighted by Gasteiger charge is 2.15. The molecule has 1 aromatic carbocycles. The second kappa shape index (κ2) is 7.51. The molecule has 100 valence electrons. The van der Waals surface area contributed by atoms with E-state index in [1.807, 2.05) is 13.2 Å². The maximum absolute atomic E-state index is 12.1. The highest BCUT2D eigenvalue weighted by atomic mass is 35.5. The van der Waals surface area contributed by atoms with E-state index in [1.165, 1.54) is 0 Å². The van der Waals surface area contributed by atoms with E-state index in [9.17, 15) is 4.79 Å². The van der Waals surface area contributed by atoms with Crippen molar-refractivity contribution in [3.05, 3.63) is 28.8 Å². The maximum atomic E-state index is 12.1. The number of amides is 1. The minimum atomic E-state index is -0.161. The van der Waals surface area contributed by atoms with Crippen LogP contribution in [0.2, 0.25) is 5.02 Å². The Hall–Kier alpha value is -0.910. The first-order valence-electron chi connectivity index (χ1n) is 5.68. The van der Waals surface area contributed by atoms with Gasteiger partial charge in [-0.15, -0.1) is 0 Å². The number of anilines is 1. The van der Waals surface area contributed by atoms with Gasteiger partial charge in [-0.25, -0.2) is 0 Å². The number of thioether (sulfide) groups is 1. The van der Waals surface area contributed by atoms with Crippen molar-refractivity contribution in [3.63, 3.8) is 0 Å². The van der Waals surface area contributed by atoms with Gasteiger partial charge in [0.25, 0.3) is 5.91 Å². The molecule has 1 atom stereocenters. The number of benzene rings is 1. The summed E-state index contributed by atoms with van der Waals surface area (Å²) in [6.45, 7) is 2.04. The van der Waals surface area contributed by atoms with Gasteiger partial charge in [-0.1, -0.05) is 18.5 Å². The minimum absolute atomic E-state index is 0.150. The van der Waals surface area contributed by atoms with Gasteiger partial charge in [0.1, 0.15) is 0 Å². The van der Waals surface area contributed by atoms with E-state index < -0.39 is 0 Å². The highest BCUT2D eigenvalue weighted by Crippen LogP contribution is 2.20. The average Bonchev–Trinajstić information content (AvgIpc) is 2.38. The summed E-state index contributed by atoms with van der Waals surface area (Å²) in [6, 6.07) is 5.13. The Bertz CT molecular complexity index is 414. The van der Waals surface area contributed by atoms with Crippen molar-refractivity contribution in [2.45, 2.75) is 19.4 Å². The molecule has 1 unspecified atom stereocenters. The van der Waals surface area contributed by atoms with Gasteiger partial charge in [0.15, 0.2) is 0 Å². The molecule has 0 saturated carbocycles. The van der Waals surface area contributed by atoms with Crippen LogP contribution in [-0.4, -0.2) is 24.0 Å². The molecule has 1 aromatic rings. The second-order valence-electron chi connectivity index (χ2n) is 3.87. The van der Waals surface area contributed by atoms with Crippen molar-refractivity contribution < 1.29 is 4.79 Å². The normalized spacial score (nSPS) is 12.0. The topological polar surface area (TPSA) is 67.2 Å². The molecule has 0 aliphatic carbocycles. The first kappa shape index (κ1) is 15.1. The van der Waals surface area contributed by atoms with Crippen LogP contribution in [-0.2, 0) is 0 Å². The number of nitrogen functional groups attached to an aromatic ring is 1. The van der Waals surface area contributed by atoms with Crippen molar-refractivity contribution in [1.29, 1.82) is 0 Å². The fourth-order valence-electron chi connectivity index (χ4n) is 1.56. The Kier molecular flexibility index (Phi) is 6.32. The summed E-state index contributed by atoms with van der Waals surface area (Å²) in [6.07, 6.45) is 2.90. The van der Waals surface area contributed by atoms with Gasteiger partial charge in [-0.05, 0) is 30.9 Å². The number of nitrogens with two attached hydrogens (primary N) is 1. The molecule has 4 N–H and O–H groups in total. The smallest absolute Gasteiger partial charge is 0.253 e. The van der Waals surface area contributed by atoms with E-state index in [0.29, 0.717) is 16.3 Å². The van der Waals surface area contributed by atoms with Crippen LogP contribution in [0.15, 0.2) is 18.2 Å². The molecule has 0 aliphatic heterocycles. The summed E-state index contributed by atoms with van der Waals surface area (Å²) in [5.41, 5.74) is 3.53. The Labute approximate surface area is 117 Å². The third-order valence-electron chi connectivity index (χ3n) is 2.58. The number of hydrogen-bond donors (Lipinski definition) is 3. The van der Waals surface area contributed by atoms with Crippen molar-refractivity contribution in [1.82, 2.24) is 5.32 Å². The molecule has 18 heavy (non-hydrogen) atoms. The molecule has 0 fully saturated rings. The number of rotatable bonds is 6. The largest absolute Gasteiger partial charge is 0.348 e.